The van der Waals surface area contributed by atoms with Crippen molar-refractivity contribution in [1.82, 2.24) is 4.90 Å². The van der Waals surface area contributed by atoms with Gasteiger partial charge in [-0.3, -0.25) is 4.79 Å². The van der Waals surface area contributed by atoms with E-state index in [1.165, 1.54) is 11.1 Å². The van der Waals surface area contributed by atoms with Crippen LogP contribution >= 0.6 is 0 Å². The quantitative estimate of drug-likeness (QED) is 0.918. The summed E-state index contributed by atoms with van der Waals surface area (Å²) in [5.74, 6) is 1.17. The summed E-state index contributed by atoms with van der Waals surface area (Å²) in [5.41, 5.74) is 2.63. The van der Waals surface area contributed by atoms with Crippen LogP contribution in [0.3, 0.4) is 0 Å². The van der Waals surface area contributed by atoms with Crippen molar-refractivity contribution in [2.45, 2.75) is 32.1 Å². The first-order chi connectivity index (χ1) is 9.70. The fraction of sp³-hybridized carbons (Fsp3) is 0.588. The van der Waals surface area contributed by atoms with Crippen LogP contribution in [-0.2, 0) is 4.79 Å². The molecule has 0 aromatic heterocycles. The molecule has 1 N–H and O–H groups in total. The number of piperidine rings is 1. The lowest BCUT2D eigenvalue weighted by Gasteiger charge is -2.32. The molecule has 1 heterocycles. The molecule has 1 aliphatic heterocycles. The van der Waals surface area contributed by atoms with E-state index in [9.17, 15) is 9.90 Å². The van der Waals surface area contributed by atoms with Crippen LogP contribution in [0.1, 0.15) is 36.3 Å². The number of carbonyl (C=O) groups excluding carboxylic acids is 1. The minimum atomic E-state index is 0.175. The van der Waals surface area contributed by atoms with Crippen molar-refractivity contribution < 1.29 is 9.90 Å². The number of benzene rings is 1. The zero-order chi connectivity index (χ0) is 14.1. The molecule has 0 radical (unpaired) electrons. The van der Waals surface area contributed by atoms with Gasteiger partial charge >= 0.3 is 0 Å². The summed E-state index contributed by atoms with van der Waals surface area (Å²) in [6, 6.07) is 8.39. The summed E-state index contributed by atoms with van der Waals surface area (Å²) in [6.07, 6.45) is 3.06. The molecule has 1 amide bonds. The van der Waals surface area contributed by atoms with E-state index in [4.69, 9.17) is 0 Å². The minimum Gasteiger partial charge on any atom is -0.396 e. The normalized spacial score (nSPS) is 29.3. The number of aliphatic hydroxyl groups excluding tert-OH is 1. The van der Waals surface area contributed by atoms with Crippen molar-refractivity contribution in [2.24, 2.45) is 11.8 Å². The molecule has 3 nitrogen and oxygen atoms in total. The number of rotatable bonds is 3. The van der Waals surface area contributed by atoms with E-state index >= 15 is 0 Å². The topological polar surface area (TPSA) is 40.5 Å². The maximum atomic E-state index is 12.6. The number of hydrogen-bond donors (Lipinski definition) is 1. The minimum absolute atomic E-state index is 0.175. The third-order valence-corrected chi connectivity index (χ3v) is 4.78. The highest BCUT2D eigenvalue weighted by molar-refractivity contribution is 5.83. The lowest BCUT2D eigenvalue weighted by atomic mass is 9.98. The van der Waals surface area contributed by atoms with Gasteiger partial charge in [-0.25, -0.2) is 0 Å². The number of hydrogen-bond acceptors (Lipinski definition) is 2. The zero-order valence-electron chi connectivity index (χ0n) is 12.1. The molecule has 3 rings (SSSR count). The van der Waals surface area contributed by atoms with Crippen molar-refractivity contribution in [3.8, 4) is 0 Å². The molecule has 1 aromatic rings. The average Bonchev–Trinajstić information content (AvgIpc) is 3.27. The number of carbonyl (C=O) groups is 1. The molecule has 1 aromatic carbocycles. The molecule has 2 fully saturated rings. The smallest absolute Gasteiger partial charge is 0.226 e. The highest BCUT2D eigenvalue weighted by Gasteiger charge is 2.46. The van der Waals surface area contributed by atoms with E-state index in [-0.39, 0.29) is 18.4 Å². The molecule has 0 bridgehead atoms. The SMILES string of the molecule is Cc1ccccc1C1CC1C(=O)N1CCCC(CO)C1. The van der Waals surface area contributed by atoms with Gasteiger partial charge in [0, 0.05) is 25.6 Å². The molecule has 1 aliphatic carbocycles. The Balaban J connectivity index is 1.64. The molecular formula is C17H23NO2. The third-order valence-electron chi connectivity index (χ3n) is 4.78. The molecule has 2 aliphatic rings. The summed E-state index contributed by atoms with van der Waals surface area (Å²) in [5, 5.41) is 9.27. The summed E-state index contributed by atoms with van der Waals surface area (Å²) < 4.78 is 0. The van der Waals surface area contributed by atoms with Crippen LogP contribution < -0.4 is 0 Å². The first-order valence-electron chi connectivity index (χ1n) is 7.66. The Morgan fingerprint density at radius 1 is 1.40 bits per heavy atom. The summed E-state index contributed by atoms with van der Waals surface area (Å²) in [7, 11) is 0. The maximum Gasteiger partial charge on any atom is 0.226 e. The second-order valence-corrected chi connectivity index (χ2v) is 6.28. The predicted molar refractivity (Wildman–Crippen MR) is 78.4 cm³/mol. The van der Waals surface area contributed by atoms with Crippen LogP contribution in [0.25, 0.3) is 0 Å². The first kappa shape index (κ1) is 13.6. The predicted octanol–water partition coefficient (Wildman–Crippen LogP) is 2.33. The van der Waals surface area contributed by atoms with E-state index in [0.717, 1.165) is 32.4 Å². The van der Waals surface area contributed by atoms with E-state index in [1.807, 2.05) is 4.90 Å². The number of aliphatic hydroxyl groups is 1. The maximum absolute atomic E-state index is 12.6. The molecule has 3 atom stereocenters. The van der Waals surface area contributed by atoms with Gasteiger partial charge in [-0.1, -0.05) is 24.3 Å². The Labute approximate surface area is 120 Å². The Kier molecular flexibility index (Phi) is 3.79. The van der Waals surface area contributed by atoms with Crippen LogP contribution in [0.15, 0.2) is 24.3 Å². The number of likely N-dealkylation sites (tertiary alicyclic amines) is 1. The lowest BCUT2D eigenvalue weighted by Crippen LogP contribution is -2.41. The van der Waals surface area contributed by atoms with Gasteiger partial charge in [-0.05, 0) is 49.1 Å². The molecule has 0 spiro atoms. The van der Waals surface area contributed by atoms with Crippen molar-refractivity contribution in [1.29, 1.82) is 0 Å². The van der Waals surface area contributed by atoms with Crippen molar-refractivity contribution in [3.63, 3.8) is 0 Å². The van der Waals surface area contributed by atoms with Gasteiger partial charge in [-0.15, -0.1) is 0 Å². The van der Waals surface area contributed by atoms with Gasteiger partial charge in [0.1, 0.15) is 0 Å². The van der Waals surface area contributed by atoms with Gasteiger partial charge in [-0.2, -0.15) is 0 Å². The van der Waals surface area contributed by atoms with E-state index in [1.54, 1.807) is 0 Å². The fourth-order valence-electron chi connectivity index (χ4n) is 3.46. The average molecular weight is 273 g/mol. The summed E-state index contributed by atoms with van der Waals surface area (Å²) in [6.45, 7) is 3.94. The summed E-state index contributed by atoms with van der Waals surface area (Å²) in [4.78, 5) is 14.5. The summed E-state index contributed by atoms with van der Waals surface area (Å²) >= 11 is 0. The molecule has 1 saturated heterocycles. The van der Waals surface area contributed by atoms with Crippen LogP contribution in [0.4, 0.5) is 0 Å². The van der Waals surface area contributed by atoms with Gasteiger partial charge in [0.25, 0.3) is 0 Å². The van der Waals surface area contributed by atoms with E-state index < -0.39 is 0 Å². The number of amides is 1. The van der Waals surface area contributed by atoms with Gasteiger partial charge in [0.15, 0.2) is 0 Å². The van der Waals surface area contributed by atoms with E-state index in [0.29, 0.717) is 11.8 Å². The molecule has 1 saturated carbocycles. The highest BCUT2D eigenvalue weighted by Crippen LogP contribution is 2.49. The van der Waals surface area contributed by atoms with Crippen molar-refractivity contribution >= 4 is 5.91 Å². The molecule has 3 unspecified atom stereocenters. The number of nitrogens with zero attached hydrogens (tertiary/aromatic N) is 1. The lowest BCUT2D eigenvalue weighted by molar-refractivity contribution is -0.134. The Bertz CT molecular complexity index is 500. The Morgan fingerprint density at radius 2 is 2.20 bits per heavy atom. The van der Waals surface area contributed by atoms with Crippen LogP contribution in [0, 0.1) is 18.8 Å². The fourth-order valence-corrected chi connectivity index (χ4v) is 3.46. The third kappa shape index (κ3) is 2.59. The van der Waals surface area contributed by atoms with E-state index in [2.05, 4.69) is 31.2 Å². The molecular weight excluding hydrogens is 250 g/mol. The van der Waals surface area contributed by atoms with Crippen LogP contribution in [-0.4, -0.2) is 35.6 Å². The first-order valence-corrected chi connectivity index (χ1v) is 7.66. The van der Waals surface area contributed by atoms with Crippen molar-refractivity contribution in [2.75, 3.05) is 19.7 Å². The van der Waals surface area contributed by atoms with Gasteiger partial charge in [0.05, 0.1) is 0 Å². The molecule has 108 valence electrons. The van der Waals surface area contributed by atoms with Gasteiger partial charge in [0.2, 0.25) is 5.91 Å². The highest BCUT2D eigenvalue weighted by atomic mass is 16.3. The largest absolute Gasteiger partial charge is 0.396 e. The number of aryl methyl sites for hydroxylation is 1. The van der Waals surface area contributed by atoms with Crippen molar-refractivity contribution in [3.05, 3.63) is 35.4 Å². The monoisotopic (exact) mass is 273 g/mol. The Hall–Kier alpha value is -1.35. The Morgan fingerprint density at radius 3 is 2.95 bits per heavy atom. The molecule has 20 heavy (non-hydrogen) atoms. The molecule has 3 heteroatoms. The zero-order valence-corrected chi connectivity index (χ0v) is 12.1. The standard InChI is InChI=1S/C17H23NO2/c1-12-5-2-3-7-14(12)15-9-16(15)17(20)18-8-4-6-13(10-18)11-19/h2-3,5,7,13,15-16,19H,4,6,8-11H2,1H3. The second kappa shape index (κ2) is 5.57. The van der Waals surface area contributed by atoms with Crippen LogP contribution in [0.5, 0.6) is 0 Å². The van der Waals surface area contributed by atoms with Gasteiger partial charge < -0.3 is 10.0 Å². The van der Waals surface area contributed by atoms with Crippen LogP contribution in [0.2, 0.25) is 0 Å². The second-order valence-electron chi connectivity index (χ2n) is 6.28.